The van der Waals surface area contributed by atoms with Gasteiger partial charge in [-0.2, -0.15) is 0 Å². The van der Waals surface area contributed by atoms with Crippen molar-refractivity contribution < 1.29 is 4.48 Å². The molecule has 0 atom stereocenters. The Morgan fingerprint density at radius 2 is 1.50 bits per heavy atom. The van der Waals surface area contributed by atoms with Crippen LogP contribution < -0.4 is 0 Å². The zero-order chi connectivity index (χ0) is 8.44. The Bertz CT molecular complexity index is 144. The van der Waals surface area contributed by atoms with E-state index in [1.54, 1.807) is 0 Å². The minimum absolute atomic E-state index is 1.32. The molecular formula is C10H21N2+. The number of fused-ring (bicyclic) bond motifs is 2. The highest BCUT2D eigenvalue weighted by Gasteiger charge is 2.29. The smallest absolute Gasteiger partial charge is 0.134 e. The van der Waals surface area contributed by atoms with Gasteiger partial charge in [0.2, 0.25) is 0 Å². The van der Waals surface area contributed by atoms with E-state index in [2.05, 4.69) is 11.9 Å². The van der Waals surface area contributed by atoms with Gasteiger partial charge >= 0.3 is 0 Å². The molecule has 0 amide bonds. The molecule has 0 N–H and O–H groups in total. The van der Waals surface area contributed by atoms with E-state index in [1.807, 2.05) is 0 Å². The fourth-order valence-electron chi connectivity index (χ4n) is 2.65. The highest BCUT2D eigenvalue weighted by molar-refractivity contribution is 4.62. The Balaban J connectivity index is 2.08. The summed E-state index contributed by atoms with van der Waals surface area (Å²) in [7, 11) is 2.43. The van der Waals surface area contributed by atoms with Gasteiger partial charge in [0, 0.05) is 13.1 Å². The van der Waals surface area contributed by atoms with Crippen LogP contribution in [0.15, 0.2) is 0 Å². The SMILES string of the molecule is C[N+]12CCCCN(CCCC1)C2. The van der Waals surface area contributed by atoms with Crippen LogP contribution in [0.2, 0.25) is 0 Å². The maximum Gasteiger partial charge on any atom is 0.134 e. The number of rotatable bonds is 0. The Labute approximate surface area is 75.7 Å². The van der Waals surface area contributed by atoms with Gasteiger partial charge < -0.3 is 4.48 Å². The van der Waals surface area contributed by atoms with Crippen molar-refractivity contribution in [3.05, 3.63) is 0 Å². The summed E-state index contributed by atoms with van der Waals surface area (Å²) in [6.45, 7) is 6.86. The van der Waals surface area contributed by atoms with Crippen LogP contribution in [-0.4, -0.2) is 49.3 Å². The molecule has 2 aliphatic rings. The van der Waals surface area contributed by atoms with E-state index in [0.29, 0.717) is 0 Å². The van der Waals surface area contributed by atoms with Gasteiger partial charge in [0.05, 0.1) is 20.1 Å². The lowest BCUT2D eigenvalue weighted by atomic mass is 10.2. The highest BCUT2D eigenvalue weighted by atomic mass is 15.4. The van der Waals surface area contributed by atoms with Crippen molar-refractivity contribution in [2.75, 3.05) is 39.9 Å². The maximum absolute atomic E-state index is 2.67. The summed E-state index contributed by atoms with van der Waals surface area (Å²) in [5, 5.41) is 0. The van der Waals surface area contributed by atoms with Crippen LogP contribution in [0.1, 0.15) is 25.7 Å². The lowest BCUT2D eigenvalue weighted by molar-refractivity contribution is -0.916. The van der Waals surface area contributed by atoms with Crippen molar-refractivity contribution in [2.24, 2.45) is 0 Å². The molecule has 2 heteroatoms. The molecule has 0 aromatic heterocycles. The average Bonchev–Trinajstić information content (AvgIpc) is 2.33. The van der Waals surface area contributed by atoms with Crippen LogP contribution in [0.25, 0.3) is 0 Å². The summed E-state index contributed by atoms with van der Waals surface area (Å²) >= 11 is 0. The van der Waals surface area contributed by atoms with E-state index in [4.69, 9.17) is 0 Å². The summed E-state index contributed by atoms with van der Waals surface area (Å²) in [5.74, 6) is 0. The first-order valence-corrected chi connectivity index (χ1v) is 5.34. The fourth-order valence-corrected chi connectivity index (χ4v) is 2.65. The molecule has 70 valence electrons. The zero-order valence-corrected chi connectivity index (χ0v) is 8.26. The zero-order valence-electron chi connectivity index (χ0n) is 8.26. The molecule has 2 bridgehead atoms. The van der Waals surface area contributed by atoms with E-state index < -0.39 is 0 Å². The molecule has 2 aliphatic heterocycles. The van der Waals surface area contributed by atoms with Gasteiger partial charge in [-0.1, -0.05) is 0 Å². The monoisotopic (exact) mass is 169 g/mol. The molecule has 0 aliphatic carbocycles. The van der Waals surface area contributed by atoms with Crippen molar-refractivity contribution in [1.29, 1.82) is 0 Å². The minimum atomic E-state index is 1.32. The quantitative estimate of drug-likeness (QED) is 0.494. The summed E-state index contributed by atoms with van der Waals surface area (Å²) in [5.41, 5.74) is 0. The molecule has 2 nitrogen and oxygen atoms in total. The van der Waals surface area contributed by atoms with Gasteiger partial charge in [-0.25, -0.2) is 0 Å². The predicted molar refractivity (Wildman–Crippen MR) is 50.8 cm³/mol. The Morgan fingerprint density at radius 1 is 0.917 bits per heavy atom. The molecule has 0 saturated carbocycles. The van der Waals surface area contributed by atoms with Gasteiger partial charge in [-0.3, -0.25) is 4.90 Å². The van der Waals surface area contributed by atoms with Crippen LogP contribution in [0.4, 0.5) is 0 Å². The Morgan fingerprint density at radius 3 is 2.08 bits per heavy atom. The van der Waals surface area contributed by atoms with Crippen LogP contribution in [0.5, 0.6) is 0 Å². The van der Waals surface area contributed by atoms with Crippen molar-refractivity contribution >= 4 is 0 Å². The molecule has 2 saturated heterocycles. The first-order chi connectivity index (χ1) is 5.79. The van der Waals surface area contributed by atoms with Crippen molar-refractivity contribution in [2.45, 2.75) is 25.7 Å². The van der Waals surface area contributed by atoms with Crippen molar-refractivity contribution in [3.63, 3.8) is 0 Å². The molecule has 0 unspecified atom stereocenters. The molecule has 2 rings (SSSR count). The number of nitrogens with zero attached hydrogens (tertiary/aromatic N) is 2. The lowest BCUT2D eigenvalue weighted by Gasteiger charge is -2.34. The highest BCUT2D eigenvalue weighted by Crippen LogP contribution is 2.18. The number of quaternary nitrogens is 1. The molecule has 0 radical (unpaired) electrons. The summed E-state index contributed by atoms with van der Waals surface area (Å²) in [6, 6.07) is 0. The second-order valence-electron chi connectivity index (χ2n) is 4.74. The third-order valence-corrected chi connectivity index (χ3v) is 3.39. The van der Waals surface area contributed by atoms with Crippen molar-refractivity contribution in [3.8, 4) is 0 Å². The van der Waals surface area contributed by atoms with Gasteiger partial charge in [0.1, 0.15) is 6.67 Å². The van der Waals surface area contributed by atoms with E-state index in [0.717, 1.165) is 0 Å². The van der Waals surface area contributed by atoms with E-state index in [9.17, 15) is 0 Å². The topological polar surface area (TPSA) is 3.24 Å². The van der Waals surface area contributed by atoms with Gasteiger partial charge in [0.15, 0.2) is 0 Å². The molecule has 0 aromatic rings. The van der Waals surface area contributed by atoms with Gasteiger partial charge in [0.25, 0.3) is 0 Å². The first kappa shape index (κ1) is 8.52. The number of hydrogen-bond donors (Lipinski definition) is 0. The largest absolute Gasteiger partial charge is 0.314 e. The first-order valence-electron chi connectivity index (χ1n) is 5.34. The fraction of sp³-hybridized carbons (Fsp3) is 1.00. The van der Waals surface area contributed by atoms with E-state index >= 15 is 0 Å². The van der Waals surface area contributed by atoms with Crippen LogP contribution in [-0.2, 0) is 0 Å². The van der Waals surface area contributed by atoms with Gasteiger partial charge in [-0.15, -0.1) is 0 Å². The predicted octanol–water partition coefficient (Wildman–Crippen LogP) is 1.28. The third kappa shape index (κ3) is 1.80. The standard InChI is InChI=1S/C10H21N2/c1-12-8-4-2-6-11(10-12)7-3-5-9-12/h2-10H2,1H3/q+1. The molecule has 2 heterocycles. The second kappa shape index (κ2) is 3.35. The third-order valence-electron chi connectivity index (χ3n) is 3.39. The average molecular weight is 169 g/mol. The van der Waals surface area contributed by atoms with Crippen LogP contribution in [0.3, 0.4) is 0 Å². The minimum Gasteiger partial charge on any atom is -0.314 e. The number of hydrogen-bond acceptors (Lipinski definition) is 1. The van der Waals surface area contributed by atoms with Crippen LogP contribution in [0, 0.1) is 0 Å². The molecule has 12 heavy (non-hydrogen) atoms. The van der Waals surface area contributed by atoms with E-state index in [1.165, 1.54) is 63.0 Å². The molecule has 0 aromatic carbocycles. The normalized spacial score (nSPS) is 43.2. The van der Waals surface area contributed by atoms with Crippen molar-refractivity contribution in [1.82, 2.24) is 4.90 Å². The molecule has 2 fully saturated rings. The summed E-state index contributed by atoms with van der Waals surface area (Å²) in [4.78, 5) is 2.67. The Kier molecular flexibility index (Phi) is 2.37. The summed E-state index contributed by atoms with van der Waals surface area (Å²) < 4.78 is 1.32. The second-order valence-corrected chi connectivity index (χ2v) is 4.74. The van der Waals surface area contributed by atoms with E-state index in [-0.39, 0.29) is 0 Å². The molecule has 0 spiro atoms. The van der Waals surface area contributed by atoms with Crippen LogP contribution >= 0.6 is 0 Å². The maximum atomic E-state index is 2.67. The van der Waals surface area contributed by atoms with Gasteiger partial charge in [-0.05, 0) is 25.7 Å². The lowest BCUT2D eigenvalue weighted by Crippen LogP contribution is -2.49. The summed E-state index contributed by atoms with van der Waals surface area (Å²) in [6.07, 6.45) is 5.72. The Hall–Kier alpha value is -0.0800. The molecular weight excluding hydrogens is 148 g/mol.